The van der Waals surface area contributed by atoms with Crippen LogP contribution in [0.4, 0.5) is 5.69 Å². The zero-order valence-electron chi connectivity index (χ0n) is 17.3. The summed E-state index contributed by atoms with van der Waals surface area (Å²) in [6, 6.07) is 14.1. The van der Waals surface area contributed by atoms with Gasteiger partial charge in [-0.05, 0) is 41.8 Å². The molecule has 1 N–H and O–H groups in total. The van der Waals surface area contributed by atoms with Crippen LogP contribution in [0.2, 0.25) is 0 Å². The van der Waals surface area contributed by atoms with Gasteiger partial charge in [0.05, 0.1) is 13.2 Å². The van der Waals surface area contributed by atoms with E-state index >= 15 is 0 Å². The molecule has 1 aromatic heterocycles. The molecule has 3 aromatic rings. The third kappa shape index (κ3) is 5.08. The number of aryl methyl sites for hydroxylation is 2. The van der Waals surface area contributed by atoms with Gasteiger partial charge in [0, 0.05) is 30.9 Å². The summed E-state index contributed by atoms with van der Waals surface area (Å²) in [5.41, 5.74) is 5.02. The van der Waals surface area contributed by atoms with E-state index in [1.165, 1.54) is 10.4 Å². The van der Waals surface area contributed by atoms with Crippen LogP contribution in [0.1, 0.15) is 16.7 Å². The molecule has 1 amide bonds. The number of rotatable bonds is 6. The minimum atomic E-state index is -0.187. The molecule has 0 unspecified atom stereocenters. The van der Waals surface area contributed by atoms with Gasteiger partial charge in [-0.25, -0.2) is 0 Å². The number of morpholine rings is 1. The molecule has 30 heavy (non-hydrogen) atoms. The van der Waals surface area contributed by atoms with Gasteiger partial charge in [0.1, 0.15) is 6.54 Å². The minimum Gasteiger partial charge on any atom is -0.379 e. The molecule has 1 saturated heterocycles. The summed E-state index contributed by atoms with van der Waals surface area (Å²) >= 11 is 0. The second kappa shape index (κ2) is 9.15. The molecule has 1 aliphatic heterocycles. The Kier molecular flexibility index (Phi) is 6.15. The first-order valence-electron chi connectivity index (χ1n) is 10.1. The Morgan fingerprint density at radius 1 is 1.10 bits per heavy atom. The maximum Gasteiger partial charge on any atom is 0.248 e. The van der Waals surface area contributed by atoms with Crippen LogP contribution in [0.15, 0.2) is 42.5 Å². The van der Waals surface area contributed by atoms with Gasteiger partial charge in [-0.1, -0.05) is 36.4 Å². The van der Waals surface area contributed by atoms with Crippen LogP contribution in [-0.4, -0.2) is 57.3 Å². The highest BCUT2D eigenvalue weighted by Gasteiger charge is 2.13. The number of benzene rings is 2. The highest BCUT2D eigenvalue weighted by Crippen LogP contribution is 2.17. The maximum atomic E-state index is 12.4. The zero-order valence-corrected chi connectivity index (χ0v) is 17.3. The van der Waals surface area contributed by atoms with Crippen molar-refractivity contribution in [2.45, 2.75) is 26.9 Å². The molecular formula is C22H26N6O2. The van der Waals surface area contributed by atoms with Crippen LogP contribution in [-0.2, 0) is 22.6 Å². The van der Waals surface area contributed by atoms with E-state index in [2.05, 4.69) is 37.8 Å². The molecule has 2 heterocycles. The Bertz CT molecular complexity index is 1010. The van der Waals surface area contributed by atoms with Crippen LogP contribution in [0.5, 0.6) is 0 Å². The van der Waals surface area contributed by atoms with E-state index in [1.807, 2.05) is 44.2 Å². The summed E-state index contributed by atoms with van der Waals surface area (Å²) in [5, 5.41) is 15.4. The van der Waals surface area contributed by atoms with Crippen molar-refractivity contribution >= 4 is 11.6 Å². The molecule has 0 spiro atoms. The van der Waals surface area contributed by atoms with Gasteiger partial charge in [0.25, 0.3) is 0 Å². The average Bonchev–Trinajstić information content (AvgIpc) is 3.20. The van der Waals surface area contributed by atoms with Gasteiger partial charge in [-0.15, -0.1) is 10.2 Å². The molecule has 1 aliphatic rings. The second-order valence-electron chi connectivity index (χ2n) is 7.60. The van der Waals surface area contributed by atoms with Crippen molar-refractivity contribution in [1.29, 1.82) is 0 Å². The lowest BCUT2D eigenvalue weighted by molar-refractivity contribution is -0.117. The number of hydrogen-bond donors (Lipinski definition) is 1. The Morgan fingerprint density at radius 3 is 2.63 bits per heavy atom. The Labute approximate surface area is 175 Å². The summed E-state index contributed by atoms with van der Waals surface area (Å²) in [6.07, 6.45) is 0. The number of nitrogens with zero attached hydrogens (tertiary/aromatic N) is 5. The first-order chi connectivity index (χ1) is 14.6. The van der Waals surface area contributed by atoms with E-state index < -0.39 is 0 Å². The number of nitrogens with one attached hydrogen (secondary N) is 1. The molecule has 0 bridgehead atoms. The summed E-state index contributed by atoms with van der Waals surface area (Å²) in [7, 11) is 0. The van der Waals surface area contributed by atoms with Crippen LogP contribution in [0.3, 0.4) is 0 Å². The molecule has 8 heteroatoms. The van der Waals surface area contributed by atoms with Crippen molar-refractivity contribution in [1.82, 2.24) is 25.1 Å². The van der Waals surface area contributed by atoms with Crippen LogP contribution < -0.4 is 5.32 Å². The first kappa shape index (κ1) is 20.2. The molecule has 8 nitrogen and oxygen atoms in total. The second-order valence-corrected chi connectivity index (χ2v) is 7.60. The normalized spacial score (nSPS) is 14.6. The zero-order chi connectivity index (χ0) is 20.9. The number of hydrogen-bond acceptors (Lipinski definition) is 6. The number of aromatic nitrogens is 4. The maximum absolute atomic E-state index is 12.4. The van der Waals surface area contributed by atoms with Gasteiger partial charge in [-0.3, -0.25) is 9.69 Å². The lowest BCUT2D eigenvalue weighted by atomic mass is 10.1. The molecule has 0 atom stereocenters. The van der Waals surface area contributed by atoms with Crippen molar-refractivity contribution in [3.05, 3.63) is 59.2 Å². The average molecular weight is 406 g/mol. The fourth-order valence-electron chi connectivity index (χ4n) is 3.39. The van der Waals surface area contributed by atoms with Crippen LogP contribution in [0.25, 0.3) is 11.4 Å². The Balaban J connectivity index is 1.36. The number of tetrazole rings is 1. The quantitative estimate of drug-likeness (QED) is 0.677. The monoisotopic (exact) mass is 406 g/mol. The molecule has 0 saturated carbocycles. The predicted molar refractivity (Wildman–Crippen MR) is 114 cm³/mol. The molecule has 0 aliphatic carbocycles. The summed E-state index contributed by atoms with van der Waals surface area (Å²) in [4.78, 5) is 16.1. The third-order valence-corrected chi connectivity index (χ3v) is 5.13. The number of carbonyl (C=O) groups excluding carboxylic acids is 1. The predicted octanol–water partition coefficient (Wildman–Crippen LogP) is 2.43. The van der Waals surface area contributed by atoms with Crippen molar-refractivity contribution in [3.8, 4) is 11.4 Å². The molecule has 1 fully saturated rings. The summed E-state index contributed by atoms with van der Waals surface area (Å²) in [6.45, 7) is 8.38. The Hall–Kier alpha value is -3.10. The molecule has 0 radical (unpaired) electrons. The summed E-state index contributed by atoms with van der Waals surface area (Å²) < 4.78 is 5.39. The van der Waals surface area contributed by atoms with E-state index in [0.717, 1.165) is 55.2 Å². The molecular weight excluding hydrogens is 380 g/mol. The standard InChI is InChI=1S/C22H26N6O2/c1-16-3-4-17(2)20(13-16)23-21(29)15-28-25-22(24-26-28)19-7-5-18(6-8-19)14-27-9-11-30-12-10-27/h3-8,13H,9-12,14-15H2,1-2H3,(H,23,29). The van der Waals surface area contributed by atoms with Crippen LogP contribution in [0, 0.1) is 13.8 Å². The van der Waals surface area contributed by atoms with Crippen LogP contribution >= 0.6 is 0 Å². The first-order valence-corrected chi connectivity index (χ1v) is 10.1. The van der Waals surface area contributed by atoms with E-state index in [4.69, 9.17) is 4.74 Å². The van der Waals surface area contributed by atoms with Gasteiger partial charge in [0.2, 0.25) is 11.7 Å². The third-order valence-electron chi connectivity index (χ3n) is 5.13. The van der Waals surface area contributed by atoms with Crippen molar-refractivity contribution in [2.75, 3.05) is 31.6 Å². The van der Waals surface area contributed by atoms with Gasteiger partial charge in [0.15, 0.2) is 0 Å². The smallest absolute Gasteiger partial charge is 0.248 e. The topological polar surface area (TPSA) is 85.2 Å². The molecule has 2 aromatic carbocycles. The molecule has 4 rings (SSSR count). The van der Waals surface area contributed by atoms with Crippen molar-refractivity contribution in [3.63, 3.8) is 0 Å². The minimum absolute atomic E-state index is 0.00942. The highest BCUT2D eigenvalue weighted by molar-refractivity contribution is 5.91. The van der Waals surface area contributed by atoms with Crippen molar-refractivity contribution in [2.24, 2.45) is 0 Å². The van der Waals surface area contributed by atoms with Crippen molar-refractivity contribution < 1.29 is 9.53 Å². The van der Waals surface area contributed by atoms with E-state index in [-0.39, 0.29) is 12.5 Å². The number of amides is 1. The highest BCUT2D eigenvalue weighted by atomic mass is 16.5. The fraction of sp³-hybridized carbons (Fsp3) is 0.364. The van der Waals surface area contributed by atoms with Gasteiger partial charge in [-0.2, -0.15) is 4.80 Å². The van der Waals surface area contributed by atoms with Gasteiger partial charge >= 0.3 is 0 Å². The summed E-state index contributed by atoms with van der Waals surface area (Å²) in [5.74, 6) is 0.320. The lowest BCUT2D eigenvalue weighted by Gasteiger charge is -2.26. The Morgan fingerprint density at radius 2 is 1.87 bits per heavy atom. The van der Waals surface area contributed by atoms with E-state index in [9.17, 15) is 4.79 Å². The van der Waals surface area contributed by atoms with Gasteiger partial charge < -0.3 is 10.1 Å². The molecule has 156 valence electrons. The largest absolute Gasteiger partial charge is 0.379 e. The van der Waals surface area contributed by atoms with E-state index in [0.29, 0.717) is 5.82 Å². The van der Waals surface area contributed by atoms with E-state index in [1.54, 1.807) is 0 Å². The number of ether oxygens (including phenoxy) is 1. The lowest BCUT2D eigenvalue weighted by Crippen LogP contribution is -2.35. The SMILES string of the molecule is Cc1ccc(C)c(NC(=O)Cn2nnc(-c3ccc(CN4CCOCC4)cc3)n2)c1. The number of carbonyl (C=O) groups is 1. The fourth-order valence-corrected chi connectivity index (χ4v) is 3.39. The number of anilines is 1.